The summed E-state index contributed by atoms with van der Waals surface area (Å²) in [5.74, 6) is 0.0118. The molecule has 0 unspecified atom stereocenters. The van der Waals surface area contributed by atoms with E-state index in [1.165, 1.54) is 37.1 Å². The van der Waals surface area contributed by atoms with Crippen molar-refractivity contribution < 1.29 is 19.2 Å². The molecule has 7 nitrogen and oxygen atoms in total. The van der Waals surface area contributed by atoms with Gasteiger partial charge < -0.3 is 9.64 Å². The van der Waals surface area contributed by atoms with E-state index >= 15 is 0 Å². The molecule has 0 aromatic heterocycles. The Labute approximate surface area is 137 Å². The summed E-state index contributed by atoms with van der Waals surface area (Å²) >= 11 is 1.46. The Hall–Kier alpha value is -2.35. The van der Waals surface area contributed by atoms with Crippen molar-refractivity contribution in [2.45, 2.75) is 5.25 Å². The van der Waals surface area contributed by atoms with E-state index < -0.39 is 10.2 Å². The SMILES string of the molecule is COC(=O)[C@@H]1CN(C(=O)/C=C/c2ccccc2[N+](=O)[O-])CCS1. The van der Waals surface area contributed by atoms with Gasteiger partial charge in [-0.1, -0.05) is 12.1 Å². The first kappa shape index (κ1) is 17.0. The van der Waals surface area contributed by atoms with Crippen LogP contribution in [0.2, 0.25) is 0 Å². The van der Waals surface area contributed by atoms with Gasteiger partial charge in [0.25, 0.3) is 5.69 Å². The lowest BCUT2D eigenvalue weighted by atomic mass is 10.1. The minimum Gasteiger partial charge on any atom is -0.468 e. The fraction of sp³-hybridized carbons (Fsp3) is 0.333. The number of para-hydroxylation sites is 1. The Kier molecular flexibility index (Phi) is 5.75. The number of nitro groups is 1. The molecule has 1 atom stereocenters. The van der Waals surface area contributed by atoms with Crippen molar-refractivity contribution in [3.05, 3.63) is 46.0 Å². The summed E-state index contributed by atoms with van der Waals surface area (Å²) in [7, 11) is 1.32. The Morgan fingerprint density at radius 1 is 1.43 bits per heavy atom. The number of hydrogen-bond donors (Lipinski definition) is 0. The number of benzene rings is 1. The highest BCUT2D eigenvalue weighted by molar-refractivity contribution is 8.00. The zero-order chi connectivity index (χ0) is 16.8. The van der Waals surface area contributed by atoms with Crippen LogP contribution in [0.1, 0.15) is 5.56 Å². The summed E-state index contributed by atoms with van der Waals surface area (Å²) in [6.07, 6.45) is 2.72. The van der Waals surface area contributed by atoms with Crippen LogP contribution in [0.25, 0.3) is 6.08 Å². The molecule has 1 aliphatic rings. The van der Waals surface area contributed by atoms with E-state index in [1.54, 1.807) is 23.1 Å². The van der Waals surface area contributed by atoms with Crippen LogP contribution in [0.5, 0.6) is 0 Å². The maximum absolute atomic E-state index is 12.2. The van der Waals surface area contributed by atoms with Crippen molar-refractivity contribution in [3.8, 4) is 0 Å². The molecule has 0 aliphatic carbocycles. The van der Waals surface area contributed by atoms with E-state index in [4.69, 9.17) is 4.74 Å². The first-order valence-corrected chi connectivity index (χ1v) is 7.97. The lowest BCUT2D eigenvalue weighted by Crippen LogP contribution is -2.44. The zero-order valence-electron chi connectivity index (χ0n) is 12.5. The number of carbonyl (C=O) groups is 2. The van der Waals surface area contributed by atoms with E-state index in [0.29, 0.717) is 17.9 Å². The molecule has 23 heavy (non-hydrogen) atoms. The number of amides is 1. The Morgan fingerprint density at radius 2 is 2.17 bits per heavy atom. The third-order valence-electron chi connectivity index (χ3n) is 3.38. The molecule has 1 aromatic rings. The van der Waals surface area contributed by atoms with Crippen molar-refractivity contribution >= 4 is 35.4 Å². The Morgan fingerprint density at radius 3 is 2.87 bits per heavy atom. The van der Waals surface area contributed by atoms with Gasteiger partial charge in [0.05, 0.1) is 17.6 Å². The summed E-state index contributed by atoms with van der Waals surface area (Å²) < 4.78 is 4.70. The van der Waals surface area contributed by atoms with E-state index in [1.807, 2.05) is 0 Å². The molecule has 1 aromatic carbocycles. The summed E-state index contributed by atoms with van der Waals surface area (Å²) in [5.41, 5.74) is 0.305. The number of hydrogen-bond acceptors (Lipinski definition) is 6. The smallest absolute Gasteiger partial charge is 0.320 e. The summed E-state index contributed by atoms with van der Waals surface area (Å²) in [6.45, 7) is 0.801. The highest BCUT2D eigenvalue weighted by Crippen LogP contribution is 2.21. The van der Waals surface area contributed by atoms with Gasteiger partial charge in [-0.25, -0.2) is 0 Å². The van der Waals surface area contributed by atoms with Crippen molar-refractivity contribution in [2.24, 2.45) is 0 Å². The van der Waals surface area contributed by atoms with Crippen molar-refractivity contribution in [1.29, 1.82) is 0 Å². The monoisotopic (exact) mass is 336 g/mol. The van der Waals surface area contributed by atoms with Gasteiger partial charge in [0.1, 0.15) is 5.25 Å². The van der Waals surface area contributed by atoms with E-state index in [2.05, 4.69) is 0 Å². The second-order valence-corrected chi connectivity index (χ2v) is 6.13. The zero-order valence-corrected chi connectivity index (χ0v) is 13.3. The van der Waals surface area contributed by atoms with Gasteiger partial charge in [-0.05, 0) is 12.1 Å². The first-order chi connectivity index (χ1) is 11.0. The quantitative estimate of drug-likeness (QED) is 0.360. The van der Waals surface area contributed by atoms with E-state index in [9.17, 15) is 19.7 Å². The standard InChI is InChI=1S/C15H16N2O5S/c1-22-15(19)13-10-16(8-9-23-13)14(18)7-6-11-4-2-3-5-12(11)17(20)21/h2-7,13H,8-10H2,1H3/b7-6+/t13-/m0/s1. The van der Waals surface area contributed by atoms with Crippen LogP contribution in [0.3, 0.4) is 0 Å². The van der Waals surface area contributed by atoms with Crippen LogP contribution >= 0.6 is 11.8 Å². The lowest BCUT2D eigenvalue weighted by molar-refractivity contribution is -0.385. The maximum atomic E-state index is 12.2. The number of carbonyl (C=O) groups excluding carboxylic acids is 2. The molecular formula is C15H16N2O5S. The molecule has 0 radical (unpaired) electrons. The van der Waals surface area contributed by atoms with Crippen molar-refractivity contribution in [3.63, 3.8) is 0 Å². The summed E-state index contributed by atoms with van der Waals surface area (Å²) in [5, 5.41) is 10.5. The van der Waals surface area contributed by atoms with Crippen LogP contribution in [0, 0.1) is 10.1 Å². The molecule has 0 saturated carbocycles. The number of nitrogens with zero attached hydrogens (tertiary/aromatic N) is 2. The summed E-state index contributed by atoms with van der Waals surface area (Å²) in [6, 6.07) is 6.20. The molecule has 1 saturated heterocycles. The number of rotatable bonds is 4. The number of nitro benzene ring substituents is 1. The highest BCUT2D eigenvalue weighted by Gasteiger charge is 2.28. The Bertz CT molecular complexity index is 647. The molecule has 1 aliphatic heterocycles. The molecule has 1 fully saturated rings. The predicted octanol–water partition coefficient (Wildman–Crippen LogP) is 1.72. The molecule has 0 N–H and O–H groups in total. The number of esters is 1. The van der Waals surface area contributed by atoms with Gasteiger partial charge in [0.2, 0.25) is 5.91 Å². The molecular weight excluding hydrogens is 320 g/mol. The summed E-state index contributed by atoms with van der Waals surface area (Å²) in [4.78, 5) is 35.8. The van der Waals surface area contributed by atoms with Gasteiger partial charge in [-0.15, -0.1) is 11.8 Å². The van der Waals surface area contributed by atoms with E-state index in [-0.39, 0.29) is 24.1 Å². The molecule has 0 bridgehead atoms. The topological polar surface area (TPSA) is 89.8 Å². The molecule has 8 heteroatoms. The molecule has 122 valence electrons. The second kappa shape index (κ2) is 7.77. The maximum Gasteiger partial charge on any atom is 0.320 e. The first-order valence-electron chi connectivity index (χ1n) is 6.92. The van der Waals surface area contributed by atoms with Crippen LogP contribution in [0.15, 0.2) is 30.3 Å². The van der Waals surface area contributed by atoms with Crippen LogP contribution < -0.4 is 0 Å². The average Bonchev–Trinajstić information content (AvgIpc) is 2.59. The van der Waals surface area contributed by atoms with Crippen molar-refractivity contribution in [1.82, 2.24) is 4.90 Å². The number of thioether (sulfide) groups is 1. The normalized spacial score (nSPS) is 18.0. The largest absolute Gasteiger partial charge is 0.468 e. The van der Waals surface area contributed by atoms with Crippen molar-refractivity contribution in [2.75, 3.05) is 26.0 Å². The minimum absolute atomic E-state index is 0.0572. The van der Waals surface area contributed by atoms with Gasteiger partial charge in [-0.2, -0.15) is 0 Å². The third-order valence-corrected chi connectivity index (χ3v) is 4.54. The number of ether oxygens (including phenoxy) is 1. The second-order valence-electron chi connectivity index (χ2n) is 4.82. The van der Waals surface area contributed by atoms with Crippen LogP contribution in [-0.2, 0) is 14.3 Å². The number of methoxy groups -OCH3 is 1. The van der Waals surface area contributed by atoms with Crippen LogP contribution in [-0.4, -0.2) is 52.9 Å². The molecule has 0 spiro atoms. The van der Waals surface area contributed by atoms with Gasteiger partial charge >= 0.3 is 5.97 Å². The molecule has 1 heterocycles. The third kappa shape index (κ3) is 4.32. The average molecular weight is 336 g/mol. The molecule has 1 amide bonds. The van der Waals surface area contributed by atoms with Gasteiger partial charge in [0.15, 0.2) is 0 Å². The minimum atomic E-state index is -0.491. The van der Waals surface area contributed by atoms with Crippen LogP contribution in [0.4, 0.5) is 5.69 Å². The molecule has 2 rings (SSSR count). The lowest BCUT2D eigenvalue weighted by Gasteiger charge is -2.30. The van der Waals surface area contributed by atoms with E-state index in [0.717, 1.165) is 0 Å². The predicted molar refractivity (Wildman–Crippen MR) is 87.0 cm³/mol. The fourth-order valence-electron chi connectivity index (χ4n) is 2.18. The highest BCUT2D eigenvalue weighted by atomic mass is 32.2. The fourth-order valence-corrected chi connectivity index (χ4v) is 3.31. The van der Waals surface area contributed by atoms with Gasteiger partial charge in [-0.3, -0.25) is 19.7 Å². The van der Waals surface area contributed by atoms with Gasteiger partial charge in [0, 0.05) is 31.0 Å². The Balaban J connectivity index is 2.07.